The first-order valence-electron chi connectivity index (χ1n) is 10.2. The molecular formula is C22H21F6N3O3. The molecule has 0 aliphatic carbocycles. The summed E-state index contributed by atoms with van der Waals surface area (Å²) in [6, 6.07) is 9.98. The summed E-state index contributed by atoms with van der Waals surface area (Å²) in [7, 11) is 0. The first-order valence-corrected chi connectivity index (χ1v) is 10.2. The van der Waals surface area contributed by atoms with Gasteiger partial charge in [0.1, 0.15) is 5.75 Å². The van der Waals surface area contributed by atoms with E-state index in [1.54, 1.807) is 4.90 Å². The maximum absolute atomic E-state index is 13.2. The predicted octanol–water partition coefficient (Wildman–Crippen LogP) is 3.68. The zero-order valence-electron chi connectivity index (χ0n) is 17.7. The van der Waals surface area contributed by atoms with E-state index in [2.05, 4.69) is 10.1 Å². The Balaban J connectivity index is 1.51. The number of alkyl halides is 6. The number of nitrogens with one attached hydrogen (secondary N) is 1. The number of carbonyl (C=O) groups is 2. The number of rotatable bonds is 6. The number of amides is 2. The molecule has 2 aromatic rings. The van der Waals surface area contributed by atoms with Gasteiger partial charge in [0.15, 0.2) is 0 Å². The SMILES string of the molecule is O=C(CN1CCN(C(=O)c2ccccc2C(F)(F)F)CC1)NCc1ccccc1OC(F)(F)F. The predicted molar refractivity (Wildman–Crippen MR) is 109 cm³/mol. The van der Waals surface area contributed by atoms with E-state index in [0.29, 0.717) is 0 Å². The zero-order chi connectivity index (χ0) is 24.9. The summed E-state index contributed by atoms with van der Waals surface area (Å²) in [5.41, 5.74) is -1.29. The smallest absolute Gasteiger partial charge is 0.405 e. The standard InChI is InChI=1S/C22H21F6N3O3/c23-21(24,25)17-7-3-2-6-16(17)20(33)31-11-9-30(10-12-31)14-19(32)29-13-15-5-1-4-8-18(15)34-22(26,27)28/h1-8H,9-14H2,(H,29,32). The minimum absolute atomic E-state index is 0.0799. The van der Waals surface area contributed by atoms with E-state index >= 15 is 0 Å². The number of halogens is 6. The number of nitrogens with zero attached hydrogens (tertiary/aromatic N) is 2. The molecule has 2 aromatic carbocycles. The molecule has 0 radical (unpaired) electrons. The molecule has 2 amide bonds. The second kappa shape index (κ2) is 10.3. The third-order valence-electron chi connectivity index (χ3n) is 5.16. The van der Waals surface area contributed by atoms with Crippen molar-refractivity contribution >= 4 is 11.8 Å². The van der Waals surface area contributed by atoms with E-state index in [4.69, 9.17) is 0 Å². The largest absolute Gasteiger partial charge is 0.573 e. The van der Waals surface area contributed by atoms with Gasteiger partial charge < -0.3 is 15.0 Å². The molecule has 184 valence electrons. The lowest BCUT2D eigenvalue weighted by atomic mass is 10.1. The maximum Gasteiger partial charge on any atom is 0.573 e. The van der Waals surface area contributed by atoms with E-state index in [0.717, 1.165) is 18.2 Å². The molecule has 1 aliphatic rings. The van der Waals surface area contributed by atoms with E-state index in [1.807, 2.05) is 0 Å². The number of carbonyl (C=O) groups excluding carboxylic acids is 2. The summed E-state index contributed by atoms with van der Waals surface area (Å²) >= 11 is 0. The van der Waals surface area contributed by atoms with Gasteiger partial charge in [-0.2, -0.15) is 13.2 Å². The van der Waals surface area contributed by atoms with Crippen LogP contribution in [0.4, 0.5) is 26.3 Å². The highest BCUT2D eigenvalue weighted by molar-refractivity contribution is 5.96. The zero-order valence-corrected chi connectivity index (χ0v) is 17.7. The minimum Gasteiger partial charge on any atom is -0.405 e. The molecule has 1 N–H and O–H groups in total. The monoisotopic (exact) mass is 489 g/mol. The van der Waals surface area contributed by atoms with Gasteiger partial charge in [-0.05, 0) is 18.2 Å². The van der Waals surface area contributed by atoms with Crippen LogP contribution in [-0.2, 0) is 17.5 Å². The Morgan fingerprint density at radius 3 is 2.15 bits per heavy atom. The fourth-order valence-electron chi connectivity index (χ4n) is 3.52. The average molecular weight is 489 g/mol. The topological polar surface area (TPSA) is 61.9 Å². The fourth-order valence-corrected chi connectivity index (χ4v) is 3.52. The van der Waals surface area contributed by atoms with Crippen molar-refractivity contribution in [3.05, 3.63) is 65.2 Å². The summed E-state index contributed by atoms with van der Waals surface area (Å²) in [6.07, 6.45) is -9.52. The van der Waals surface area contributed by atoms with Crippen LogP contribution in [0.2, 0.25) is 0 Å². The van der Waals surface area contributed by atoms with Crippen LogP contribution >= 0.6 is 0 Å². The third kappa shape index (κ3) is 6.86. The van der Waals surface area contributed by atoms with Gasteiger partial charge in [0.2, 0.25) is 5.91 Å². The van der Waals surface area contributed by atoms with Gasteiger partial charge >= 0.3 is 12.5 Å². The molecule has 1 fully saturated rings. The molecule has 0 saturated carbocycles. The van der Waals surface area contributed by atoms with Crippen molar-refractivity contribution in [2.24, 2.45) is 0 Å². The van der Waals surface area contributed by atoms with E-state index in [1.165, 1.54) is 35.2 Å². The lowest BCUT2D eigenvalue weighted by Gasteiger charge is -2.34. The summed E-state index contributed by atoms with van der Waals surface area (Å²) in [5, 5.41) is 2.52. The first kappa shape index (κ1) is 25.3. The molecular weight excluding hydrogens is 468 g/mol. The average Bonchev–Trinajstić information content (AvgIpc) is 2.77. The molecule has 3 rings (SSSR count). The molecule has 1 aliphatic heterocycles. The third-order valence-corrected chi connectivity index (χ3v) is 5.16. The second-order valence-electron chi connectivity index (χ2n) is 7.54. The van der Waals surface area contributed by atoms with Crippen molar-refractivity contribution < 1.29 is 40.7 Å². The Morgan fingerprint density at radius 2 is 1.50 bits per heavy atom. The Bertz CT molecular complexity index is 1020. The molecule has 0 spiro atoms. The van der Waals surface area contributed by atoms with Gasteiger partial charge in [0, 0.05) is 38.3 Å². The summed E-state index contributed by atoms with van der Waals surface area (Å²) in [6.45, 7) is 0.491. The van der Waals surface area contributed by atoms with Crippen molar-refractivity contribution in [3.8, 4) is 5.75 Å². The molecule has 12 heteroatoms. The van der Waals surface area contributed by atoms with Crippen molar-refractivity contribution in [2.45, 2.75) is 19.1 Å². The second-order valence-corrected chi connectivity index (χ2v) is 7.54. The van der Waals surface area contributed by atoms with Crippen LogP contribution in [0.5, 0.6) is 5.75 Å². The number of para-hydroxylation sites is 1. The molecule has 34 heavy (non-hydrogen) atoms. The minimum atomic E-state index is -4.86. The van der Waals surface area contributed by atoms with Gasteiger partial charge in [0.05, 0.1) is 17.7 Å². The van der Waals surface area contributed by atoms with E-state index in [9.17, 15) is 35.9 Å². The van der Waals surface area contributed by atoms with Crippen molar-refractivity contribution in [2.75, 3.05) is 32.7 Å². The van der Waals surface area contributed by atoms with Crippen LogP contribution in [-0.4, -0.2) is 60.7 Å². The van der Waals surface area contributed by atoms with Crippen LogP contribution < -0.4 is 10.1 Å². The maximum atomic E-state index is 13.2. The van der Waals surface area contributed by atoms with Gasteiger partial charge in [-0.3, -0.25) is 14.5 Å². The van der Waals surface area contributed by atoms with Gasteiger partial charge in [-0.15, -0.1) is 13.2 Å². The molecule has 0 aromatic heterocycles. The number of benzene rings is 2. The molecule has 1 saturated heterocycles. The molecule has 0 bridgehead atoms. The van der Waals surface area contributed by atoms with Crippen LogP contribution in [0.1, 0.15) is 21.5 Å². The Morgan fingerprint density at radius 1 is 0.882 bits per heavy atom. The highest BCUT2D eigenvalue weighted by Gasteiger charge is 2.36. The Hall–Kier alpha value is -3.28. The van der Waals surface area contributed by atoms with Gasteiger partial charge in [0.25, 0.3) is 5.91 Å². The van der Waals surface area contributed by atoms with Crippen molar-refractivity contribution in [1.29, 1.82) is 0 Å². The van der Waals surface area contributed by atoms with Crippen LogP contribution in [0.25, 0.3) is 0 Å². The number of ether oxygens (including phenoxy) is 1. The summed E-state index contributed by atoms with van der Waals surface area (Å²) in [4.78, 5) is 27.9. The van der Waals surface area contributed by atoms with E-state index < -0.39 is 41.2 Å². The van der Waals surface area contributed by atoms with Crippen molar-refractivity contribution in [1.82, 2.24) is 15.1 Å². The molecule has 0 unspecified atom stereocenters. The quantitative estimate of drug-likeness (QED) is 0.630. The van der Waals surface area contributed by atoms with Crippen molar-refractivity contribution in [3.63, 3.8) is 0 Å². The lowest BCUT2D eigenvalue weighted by molar-refractivity contribution is -0.274. The highest BCUT2D eigenvalue weighted by atomic mass is 19.4. The normalized spacial score (nSPS) is 15.2. The van der Waals surface area contributed by atoms with Gasteiger partial charge in [-0.1, -0.05) is 30.3 Å². The molecule has 1 heterocycles. The Kier molecular flexibility index (Phi) is 7.70. The molecule has 0 atom stereocenters. The summed E-state index contributed by atoms with van der Waals surface area (Å²) in [5.74, 6) is -1.61. The van der Waals surface area contributed by atoms with Crippen LogP contribution in [0.15, 0.2) is 48.5 Å². The van der Waals surface area contributed by atoms with Crippen LogP contribution in [0, 0.1) is 0 Å². The van der Waals surface area contributed by atoms with E-state index in [-0.39, 0.29) is 44.8 Å². The van der Waals surface area contributed by atoms with Crippen LogP contribution in [0.3, 0.4) is 0 Å². The fraction of sp³-hybridized carbons (Fsp3) is 0.364. The number of hydrogen-bond acceptors (Lipinski definition) is 4. The molecule has 6 nitrogen and oxygen atoms in total. The number of piperazine rings is 1. The first-order chi connectivity index (χ1) is 15.9. The highest BCUT2D eigenvalue weighted by Crippen LogP contribution is 2.32. The number of hydrogen-bond donors (Lipinski definition) is 1. The lowest BCUT2D eigenvalue weighted by Crippen LogP contribution is -2.51. The Labute approximate surface area is 191 Å². The summed E-state index contributed by atoms with van der Waals surface area (Å²) < 4.78 is 81.1. The van der Waals surface area contributed by atoms with Gasteiger partial charge in [-0.25, -0.2) is 0 Å².